The molecule has 0 saturated heterocycles. The summed E-state index contributed by atoms with van der Waals surface area (Å²) < 4.78 is 15.8. The Hall–Kier alpha value is -3.35. The molecule has 1 N–H and O–H groups in total. The van der Waals surface area contributed by atoms with Crippen LogP contribution in [0.25, 0.3) is 0 Å². The van der Waals surface area contributed by atoms with E-state index >= 15 is 0 Å². The summed E-state index contributed by atoms with van der Waals surface area (Å²) in [5.74, 6) is -1.27. The molecule has 0 aliphatic rings. The van der Waals surface area contributed by atoms with Gasteiger partial charge in [0.05, 0.1) is 17.7 Å². The lowest BCUT2D eigenvalue weighted by Gasteiger charge is -2.21. The standard InChI is InChI=1S/C23H27NO6/c1-4-28-19-13-9-8-12-18(19)21(25)24-20(16(2)3)23(27)30-15-14-29-22(26)17-10-6-5-7-11-17/h5-13,16,20H,4,14-15H2,1-3H3,(H,24,25). The number of benzene rings is 2. The lowest BCUT2D eigenvalue weighted by molar-refractivity contribution is -0.148. The first-order chi connectivity index (χ1) is 14.4. The van der Waals surface area contributed by atoms with Crippen LogP contribution < -0.4 is 10.1 Å². The number of carbonyl (C=O) groups excluding carboxylic acids is 3. The van der Waals surface area contributed by atoms with Crippen molar-refractivity contribution in [2.75, 3.05) is 19.8 Å². The van der Waals surface area contributed by atoms with Crippen LogP contribution in [0.1, 0.15) is 41.5 Å². The van der Waals surface area contributed by atoms with Crippen molar-refractivity contribution < 1.29 is 28.6 Å². The Morgan fingerprint density at radius 1 is 0.900 bits per heavy atom. The molecule has 0 aliphatic heterocycles. The van der Waals surface area contributed by atoms with E-state index in [0.29, 0.717) is 23.5 Å². The Labute approximate surface area is 176 Å². The zero-order valence-electron chi connectivity index (χ0n) is 17.4. The summed E-state index contributed by atoms with van der Waals surface area (Å²) in [7, 11) is 0. The van der Waals surface area contributed by atoms with Crippen LogP contribution >= 0.6 is 0 Å². The smallest absolute Gasteiger partial charge is 0.338 e. The van der Waals surface area contributed by atoms with Gasteiger partial charge in [0.15, 0.2) is 0 Å². The average Bonchev–Trinajstić information content (AvgIpc) is 2.75. The van der Waals surface area contributed by atoms with Crippen molar-refractivity contribution in [3.05, 3.63) is 65.7 Å². The van der Waals surface area contributed by atoms with E-state index in [-0.39, 0.29) is 19.1 Å². The topological polar surface area (TPSA) is 90.9 Å². The lowest BCUT2D eigenvalue weighted by atomic mass is 10.0. The first kappa shape index (κ1) is 22.9. The summed E-state index contributed by atoms with van der Waals surface area (Å²) in [5.41, 5.74) is 0.763. The van der Waals surface area contributed by atoms with Crippen LogP contribution in [0.3, 0.4) is 0 Å². The maximum Gasteiger partial charge on any atom is 0.338 e. The van der Waals surface area contributed by atoms with Gasteiger partial charge in [-0.15, -0.1) is 0 Å². The molecule has 0 aliphatic carbocycles. The van der Waals surface area contributed by atoms with Crippen LogP contribution in [0.2, 0.25) is 0 Å². The maximum atomic E-state index is 12.7. The second kappa shape index (κ2) is 11.6. The van der Waals surface area contributed by atoms with Crippen LogP contribution in [0.15, 0.2) is 54.6 Å². The minimum Gasteiger partial charge on any atom is -0.493 e. The van der Waals surface area contributed by atoms with Crippen molar-refractivity contribution in [1.29, 1.82) is 0 Å². The molecule has 7 nitrogen and oxygen atoms in total. The van der Waals surface area contributed by atoms with Gasteiger partial charge in [0, 0.05) is 0 Å². The number of hydrogen-bond acceptors (Lipinski definition) is 6. The predicted octanol–water partition coefficient (Wildman–Crippen LogP) is 3.24. The van der Waals surface area contributed by atoms with Crippen LogP contribution in [-0.4, -0.2) is 43.7 Å². The molecule has 160 valence electrons. The number of nitrogens with one attached hydrogen (secondary N) is 1. The van der Waals surface area contributed by atoms with E-state index in [9.17, 15) is 14.4 Å². The number of amides is 1. The van der Waals surface area contributed by atoms with Crippen LogP contribution in [0.4, 0.5) is 0 Å². The fourth-order valence-electron chi connectivity index (χ4n) is 2.68. The maximum absolute atomic E-state index is 12.7. The fourth-order valence-corrected chi connectivity index (χ4v) is 2.68. The van der Waals surface area contributed by atoms with Gasteiger partial charge in [0.1, 0.15) is 25.0 Å². The first-order valence-corrected chi connectivity index (χ1v) is 9.85. The van der Waals surface area contributed by atoms with Gasteiger partial charge in [0.2, 0.25) is 0 Å². The molecule has 0 bridgehead atoms. The van der Waals surface area contributed by atoms with E-state index in [1.165, 1.54) is 0 Å². The third-order valence-electron chi connectivity index (χ3n) is 4.21. The molecule has 2 rings (SSSR count). The number of ether oxygens (including phenoxy) is 3. The number of hydrogen-bond donors (Lipinski definition) is 1. The highest BCUT2D eigenvalue weighted by atomic mass is 16.6. The first-order valence-electron chi connectivity index (χ1n) is 9.85. The number of para-hydroxylation sites is 1. The normalized spacial score (nSPS) is 11.5. The molecule has 30 heavy (non-hydrogen) atoms. The Balaban J connectivity index is 1.89. The van der Waals surface area contributed by atoms with E-state index in [0.717, 1.165) is 0 Å². The molecule has 2 aromatic rings. The molecule has 0 aromatic heterocycles. The minimum atomic E-state index is -0.850. The Morgan fingerprint density at radius 2 is 1.53 bits per heavy atom. The fraction of sp³-hybridized carbons (Fsp3) is 0.348. The molecule has 1 unspecified atom stereocenters. The Kier molecular flexibility index (Phi) is 8.87. The van der Waals surface area contributed by atoms with Gasteiger partial charge in [-0.25, -0.2) is 9.59 Å². The molecule has 0 fully saturated rings. The van der Waals surface area contributed by atoms with Gasteiger partial charge in [0.25, 0.3) is 5.91 Å². The molecule has 0 spiro atoms. The van der Waals surface area contributed by atoms with E-state index in [4.69, 9.17) is 14.2 Å². The number of rotatable bonds is 10. The summed E-state index contributed by atoms with van der Waals surface area (Å²) in [4.78, 5) is 37.0. The monoisotopic (exact) mass is 413 g/mol. The van der Waals surface area contributed by atoms with Gasteiger partial charge in [-0.3, -0.25) is 4.79 Å². The van der Waals surface area contributed by atoms with Crippen molar-refractivity contribution in [2.24, 2.45) is 5.92 Å². The van der Waals surface area contributed by atoms with Gasteiger partial charge < -0.3 is 19.5 Å². The molecule has 7 heteroatoms. The zero-order chi connectivity index (χ0) is 21.9. The van der Waals surface area contributed by atoms with Crippen LogP contribution in [0, 0.1) is 5.92 Å². The van der Waals surface area contributed by atoms with Gasteiger partial charge in [-0.2, -0.15) is 0 Å². The van der Waals surface area contributed by atoms with Gasteiger partial charge in [-0.1, -0.05) is 44.2 Å². The molecule has 1 atom stereocenters. The summed E-state index contributed by atoms with van der Waals surface area (Å²) in [6, 6.07) is 14.5. The molecule has 0 saturated carbocycles. The highest BCUT2D eigenvalue weighted by Gasteiger charge is 2.27. The molecule has 1 amide bonds. The average molecular weight is 413 g/mol. The molecule has 2 aromatic carbocycles. The highest BCUT2D eigenvalue weighted by Crippen LogP contribution is 2.18. The van der Waals surface area contributed by atoms with Gasteiger partial charge in [-0.05, 0) is 37.1 Å². The van der Waals surface area contributed by atoms with Crippen molar-refractivity contribution in [3.63, 3.8) is 0 Å². The highest BCUT2D eigenvalue weighted by molar-refractivity contribution is 5.99. The Bertz CT molecular complexity index is 850. The molecule has 0 radical (unpaired) electrons. The van der Waals surface area contributed by atoms with Crippen LogP contribution in [0.5, 0.6) is 5.75 Å². The van der Waals surface area contributed by atoms with E-state index in [2.05, 4.69) is 5.32 Å². The second-order valence-corrected chi connectivity index (χ2v) is 6.79. The number of carbonyl (C=O) groups is 3. The molecular formula is C23H27NO6. The third-order valence-corrected chi connectivity index (χ3v) is 4.21. The molecular weight excluding hydrogens is 386 g/mol. The van der Waals surface area contributed by atoms with E-state index in [1.54, 1.807) is 68.4 Å². The largest absolute Gasteiger partial charge is 0.493 e. The van der Waals surface area contributed by atoms with Gasteiger partial charge >= 0.3 is 11.9 Å². The van der Waals surface area contributed by atoms with Crippen molar-refractivity contribution in [1.82, 2.24) is 5.32 Å². The summed E-state index contributed by atoms with van der Waals surface area (Å²) in [6.07, 6.45) is 0. The van der Waals surface area contributed by atoms with Crippen molar-refractivity contribution in [3.8, 4) is 5.75 Å². The predicted molar refractivity (Wildman–Crippen MR) is 111 cm³/mol. The summed E-state index contributed by atoms with van der Waals surface area (Å²) in [5, 5.41) is 2.71. The van der Waals surface area contributed by atoms with Crippen molar-refractivity contribution in [2.45, 2.75) is 26.8 Å². The molecule has 0 heterocycles. The second-order valence-electron chi connectivity index (χ2n) is 6.79. The quantitative estimate of drug-likeness (QED) is 0.475. The van der Waals surface area contributed by atoms with Crippen LogP contribution in [-0.2, 0) is 14.3 Å². The summed E-state index contributed by atoms with van der Waals surface area (Å²) >= 11 is 0. The number of esters is 2. The van der Waals surface area contributed by atoms with Crippen molar-refractivity contribution >= 4 is 17.8 Å². The minimum absolute atomic E-state index is 0.0780. The van der Waals surface area contributed by atoms with E-state index in [1.807, 2.05) is 6.92 Å². The summed E-state index contributed by atoms with van der Waals surface area (Å²) in [6.45, 7) is 5.67. The third kappa shape index (κ3) is 6.62. The SMILES string of the molecule is CCOc1ccccc1C(=O)NC(C(=O)OCCOC(=O)c1ccccc1)C(C)C. The zero-order valence-corrected chi connectivity index (χ0v) is 17.4. The van der Waals surface area contributed by atoms with E-state index < -0.39 is 23.9 Å². The Morgan fingerprint density at radius 3 is 2.20 bits per heavy atom. The lowest BCUT2D eigenvalue weighted by Crippen LogP contribution is -2.45.